The standard InChI is InChI=1S/C16H15ClN2O3S2/c17-13-7-5-12(6-8-13)9-10-24(21,22)19-14-3-1-2-4-15(14)23-11-16(18)20/h1-10,19H,11H2,(H2,18,20)/b10-9+. The summed E-state index contributed by atoms with van der Waals surface area (Å²) in [4.78, 5) is 11.5. The summed E-state index contributed by atoms with van der Waals surface area (Å²) in [6, 6.07) is 13.6. The van der Waals surface area contributed by atoms with Crippen LogP contribution in [0.3, 0.4) is 0 Å². The Morgan fingerprint density at radius 1 is 1.17 bits per heavy atom. The van der Waals surface area contributed by atoms with Crippen molar-refractivity contribution in [1.82, 2.24) is 0 Å². The van der Waals surface area contributed by atoms with E-state index in [-0.39, 0.29) is 5.75 Å². The van der Waals surface area contributed by atoms with Gasteiger partial charge in [-0.3, -0.25) is 9.52 Å². The number of sulfonamides is 1. The van der Waals surface area contributed by atoms with E-state index in [2.05, 4.69) is 4.72 Å². The molecule has 24 heavy (non-hydrogen) atoms. The maximum absolute atomic E-state index is 12.2. The summed E-state index contributed by atoms with van der Waals surface area (Å²) in [5.74, 6) is -0.403. The SMILES string of the molecule is NC(=O)CSc1ccccc1NS(=O)(=O)/C=C/c1ccc(Cl)cc1. The smallest absolute Gasteiger partial charge is 0.255 e. The summed E-state index contributed by atoms with van der Waals surface area (Å²) >= 11 is 6.96. The van der Waals surface area contributed by atoms with Crippen LogP contribution in [0.1, 0.15) is 5.56 Å². The zero-order chi connectivity index (χ0) is 17.6. The number of rotatable bonds is 7. The van der Waals surface area contributed by atoms with Crippen molar-refractivity contribution in [3.8, 4) is 0 Å². The number of anilines is 1. The van der Waals surface area contributed by atoms with Gasteiger partial charge in [0.15, 0.2) is 0 Å². The summed E-state index contributed by atoms with van der Waals surface area (Å²) in [6.45, 7) is 0. The minimum absolute atomic E-state index is 0.0688. The Labute approximate surface area is 149 Å². The first-order chi connectivity index (χ1) is 11.4. The second-order valence-electron chi connectivity index (χ2n) is 4.75. The van der Waals surface area contributed by atoms with Gasteiger partial charge in [0.25, 0.3) is 10.0 Å². The van der Waals surface area contributed by atoms with Crippen molar-refractivity contribution in [2.75, 3.05) is 10.5 Å². The maximum Gasteiger partial charge on any atom is 0.255 e. The van der Waals surface area contributed by atoms with Gasteiger partial charge in [-0.2, -0.15) is 0 Å². The predicted octanol–water partition coefficient (Wildman–Crippen LogP) is 3.33. The Bertz CT molecular complexity index is 850. The summed E-state index contributed by atoms with van der Waals surface area (Å²) in [7, 11) is -3.70. The van der Waals surface area contributed by atoms with E-state index in [9.17, 15) is 13.2 Å². The van der Waals surface area contributed by atoms with Crippen molar-refractivity contribution in [3.63, 3.8) is 0 Å². The molecule has 8 heteroatoms. The normalized spacial score (nSPS) is 11.5. The number of thioether (sulfide) groups is 1. The topological polar surface area (TPSA) is 89.3 Å². The lowest BCUT2D eigenvalue weighted by Gasteiger charge is -2.09. The van der Waals surface area contributed by atoms with Crippen LogP contribution < -0.4 is 10.5 Å². The van der Waals surface area contributed by atoms with Crippen LogP contribution in [0.4, 0.5) is 5.69 Å². The van der Waals surface area contributed by atoms with E-state index in [0.717, 1.165) is 5.41 Å². The summed E-state index contributed by atoms with van der Waals surface area (Å²) in [5.41, 5.74) is 6.22. The molecule has 0 unspecified atom stereocenters. The molecule has 0 aliphatic carbocycles. The largest absolute Gasteiger partial charge is 0.369 e. The first kappa shape index (κ1) is 18.4. The van der Waals surface area contributed by atoms with E-state index >= 15 is 0 Å². The molecule has 5 nitrogen and oxygen atoms in total. The minimum Gasteiger partial charge on any atom is -0.369 e. The highest BCUT2D eigenvalue weighted by molar-refractivity contribution is 8.00. The van der Waals surface area contributed by atoms with Crippen LogP contribution in [0.25, 0.3) is 6.08 Å². The van der Waals surface area contributed by atoms with Crippen LogP contribution in [0.15, 0.2) is 58.8 Å². The predicted molar refractivity (Wildman–Crippen MR) is 99.4 cm³/mol. The van der Waals surface area contributed by atoms with Crippen molar-refractivity contribution in [1.29, 1.82) is 0 Å². The van der Waals surface area contributed by atoms with Gasteiger partial charge >= 0.3 is 0 Å². The third-order valence-corrected chi connectivity index (χ3v) is 5.17. The molecular weight excluding hydrogens is 368 g/mol. The second-order valence-corrected chi connectivity index (χ2v) is 7.77. The molecule has 0 atom stereocenters. The molecule has 0 radical (unpaired) electrons. The number of carbonyl (C=O) groups excluding carboxylic acids is 1. The fraction of sp³-hybridized carbons (Fsp3) is 0.0625. The van der Waals surface area contributed by atoms with Crippen LogP contribution in [-0.4, -0.2) is 20.1 Å². The van der Waals surface area contributed by atoms with E-state index < -0.39 is 15.9 Å². The number of halogens is 1. The Morgan fingerprint density at radius 2 is 1.83 bits per heavy atom. The van der Waals surface area contributed by atoms with Crippen LogP contribution in [-0.2, 0) is 14.8 Å². The highest BCUT2D eigenvalue weighted by Crippen LogP contribution is 2.27. The zero-order valence-electron chi connectivity index (χ0n) is 12.5. The van der Waals surface area contributed by atoms with Gasteiger partial charge in [-0.25, -0.2) is 8.42 Å². The van der Waals surface area contributed by atoms with Gasteiger partial charge in [-0.15, -0.1) is 11.8 Å². The van der Waals surface area contributed by atoms with Gasteiger partial charge in [0.1, 0.15) is 0 Å². The molecule has 0 saturated heterocycles. The molecule has 0 spiro atoms. The highest BCUT2D eigenvalue weighted by Gasteiger charge is 2.10. The fourth-order valence-electron chi connectivity index (χ4n) is 1.76. The third-order valence-electron chi connectivity index (χ3n) is 2.82. The number of para-hydroxylation sites is 1. The number of benzene rings is 2. The molecule has 0 aliphatic rings. The second kappa shape index (κ2) is 8.23. The Morgan fingerprint density at radius 3 is 2.50 bits per heavy atom. The van der Waals surface area contributed by atoms with Crippen molar-refractivity contribution in [2.24, 2.45) is 5.73 Å². The van der Waals surface area contributed by atoms with E-state index in [4.69, 9.17) is 17.3 Å². The summed E-state index contributed by atoms with van der Waals surface area (Å²) in [5, 5.41) is 1.65. The Balaban J connectivity index is 2.14. The molecule has 2 aromatic rings. The summed E-state index contributed by atoms with van der Waals surface area (Å²) in [6.07, 6.45) is 1.47. The molecule has 0 bridgehead atoms. The van der Waals surface area contributed by atoms with Gasteiger partial charge in [0.05, 0.1) is 16.8 Å². The molecule has 2 aromatic carbocycles. The first-order valence-corrected chi connectivity index (χ1v) is 9.73. The summed E-state index contributed by atoms with van der Waals surface area (Å²) < 4.78 is 26.9. The van der Waals surface area contributed by atoms with Gasteiger partial charge in [-0.05, 0) is 35.9 Å². The van der Waals surface area contributed by atoms with Crippen LogP contribution in [0.5, 0.6) is 0 Å². The number of nitrogens with one attached hydrogen (secondary N) is 1. The number of hydrogen-bond acceptors (Lipinski definition) is 4. The molecule has 0 aromatic heterocycles. The van der Waals surface area contributed by atoms with Crippen LogP contribution in [0.2, 0.25) is 5.02 Å². The molecule has 3 N–H and O–H groups in total. The number of hydrogen-bond donors (Lipinski definition) is 2. The lowest BCUT2D eigenvalue weighted by atomic mass is 10.2. The molecular formula is C16H15ClN2O3S2. The van der Waals surface area contributed by atoms with Crippen LogP contribution >= 0.6 is 23.4 Å². The third kappa shape index (κ3) is 5.92. The van der Waals surface area contributed by atoms with Crippen molar-refractivity contribution in [2.45, 2.75) is 4.90 Å². The minimum atomic E-state index is -3.70. The fourth-order valence-corrected chi connectivity index (χ4v) is 3.58. The quantitative estimate of drug-likeness (QED) is 0.719. The van der Waals surface area contributed by atoms with Gasteiger partial charge in [-0.1, -0.05) is 35.9 Å². The monoisotopic (exact) mass is 382 g/mol. The average molecular weight is 383 g/mol. The van der Waals surface area contributed by atoms with Crippen molar-refractivity contribution < 1.29 is 13.2 Å². The Hall–Kier alpha value is -1.96. The molecule has 2 rings (SSSR count). The Kier molecular flexibility index (Phi) is 6.30. The van der Waals surface area contributed by atoms with Gasteiger partial charge in [0, 0.05) is 9.92 Å². The number of primary amides is 1. The van der Waals surface area contributed by atoms with E-state index in [1.54, 1.807) is 48.5 Å². The molecule has 1 amide bonds. The molecule has 126 valence electrons. The lowest BCUT2D eigenvalue weighted by Crippen LogP contribution is -2.14. The molecule has 0 heterocycles. The average Bonchev–Trinajstić information content (AvgIpc) is 2.53. The van der Waals surface area contributed by atoms with Crippen molar-refractivity contribution >= 4 is 51.1 Å². The number of carbonyl (C=O) groups is 1. The lowest BCUT2D eigenvalue weighted by molar-refractivity contribution is -0.115. The number of amides is 1. The maximum atomic E-state index is 12.2. The van der Waals surface area contributed by atoms with Crippen molar-refractivity contribution in [3.05, 3.63) is 64.5 Å². The first-order valence-electron chi connectivity index (χ1n) is 6.82. The molecule has 0 aliphatic heterocycles. The number of nitrogens with two attached hydrogens (primary N) is 1. The van der Waals surface area contributed by atoms with E-state index in [0.29, 0.717) is 21.2 Å². The van der Waals surface area contributed by atoms with E-state index in [1.807, 2.05) is 0 Å². The highest BCUT2D eigenvalue weighted by atomic mass is 35.5. The van der Waals surface area contributed by atoms with Gasteiger partial charge in [0.2, 0.25) is 5.91 Å². The van der Waals surface area contributed by atoms with E-state index in [1.165, 1.54) is 17.8 Å². The molecule has 0 saturated carbocycles. The molecule has 0 fully saturated rings. The van der Waals surface area contributed by atoms with Gasteiger partial charge < -0.3 is 5.73 Å². The van der Waals surface area contributed by atoms with Crippen LogP contribution in [0, 0.1) is 0 Å². The zero-order valence-corrected chi connectivity index (χ0v) is 14.9.